The van der Waals surface area contributed by atoms with Crippen LogP contribution in [0.5, 0.6) is 0 Å². The Hall–Kier alpha value is -4.85. The van der Waals surface area contributed by atoms with Crippen LogP contribution >= 0.6 is 15.9 Å². The molecule has 0 fully saturated rings. The van der Waals surface area contributed by atoms with Crippen molar-refractivity contribution in [3.63, 3.8) is 0 Å². The van der Waals surface area contributed by atoms with E-state index in [0.29, 0.717) is 28.9 Å². The molecular weight excluding hydrogens is 655 g/mol. The first-order valence-electron chi connectivity index (χ1n) is 13.9. The van der Waals surface area contributed by atoms with Crippen LogP contribution in [0.15, 0.2) is 76.4 Å². The molecule has 0 saturated carbocycles. The summed E-state index contributed by atoms with van der Waals surface area (Å²) in [5.41, 5.74) is 1.55. The monoisotopic (exact) mass is 679 g/mol. The number of amides is 2. The maximum Gasteiger partial charge on any atom is 0.417 e. The number of hydrogen-bond donors (Lipinski definition) is 1. The van der Waals surface area contributed by atoms with E-state index in [2.05, 4.69) is 36.3 Å². The maximum absolute atomic E-state index is 14.2. The number of halogens is 4. The molecule has 1 aliphatic rings. The van der Waals surface area contributed by atoms with E-state index in [1.165, 1.54) is 41.0 Å². The Bertz CT molecular complexity index is 2010. The van der Waals surface area contributed by atoms with Gasteiger partial charge in [0.15, 0.2) is 0 Å². The second-order valence-corrected chi connectivity index (χ2v) is 11.5. The normalized spacial score (nSPS) is 14.8. The van der Waals surface area contributed by atoms with Crippen LogP contribution in [-0.4, -0.2) is 54.0 Å². The Balaban J connectivity index is 1.49. The predicted molar refractivity (Wildman–Crippen MR) is 161 cm³/mol. The zero-order valence-electron chi connectivity index (χ0n) is 24.0. The standard InChI is InChI=1S/C31H25BrF3N7O3/c1-17-10-22-25(16-40(17)28(44)19-8-9-24(32)23(12-19)31(33,34)35)42-27(20(15-39-42)11-18-6-4-3-5-7-18)41(29(22)45)30-37-13-21(14-38-30)26(43)36-2/h3-9,12-15,17H,10-11,16H2,1-2H3,(H,36,43)/t17-/m1/s1. The molecule has 10 nitrogen and oxygen atoms in total. The molecule has 0 spiro atoms. The number of benzene rings is 2. The lowest BCUT2D eigenvalue weighted by Crippen LogP contribution is -2.46. The molecule has 6 rings (SSSR count). The summed E-state index contributed by atoms with van der Waals surface area (Å²) < 4.78 is 43.6. The van der Waals surface area contributed by atoms with Crippen molar-refractivity contribution in [1.82, 2.24) is 34.4 Å². The summed E-state index contributed by atoms with van der Waals surface area (Å²) in [6.07, 6.45) is 0.156. The molecule has 1 N–H and O–H groups in total. The van der Waals surface area contributed by atoms with Gasteiger partial charge in [0.2, 0.25) is 5.95 Å². The molecule has 14 heteroatoms. The van der Waals surface area contributed by atoms with Crippen LogP contribution in [-0.2, 0) is 25.6 Å². The van der Waals surface area contributed by atoms with Gasteiger partial charge >= 0.3 is 6.18 Å². The van der Waals surface area contributed by atoms with Crippen LogP contribution in [0.25, 0.3) is 11.6 Å². The summed E-state index contributed by atoms with van der Waals surface area (Å²) >= 11 is 2.92. The summed E-state index contributed by atoms with van der Waals surface area (Å²) in [5.74, 6) is -0.949. The van der Waals surface area contributed by atoms with Crippen molar-refractivity contribution >= 4 is 33.4 Å². The van der Waals surface area contributed by atoms with Crippen LogP contribution < -0.4 is 10.9 Å². The molecule has 5 aromatic rings. The molecule has 0 radical (unpaired) electrons. The van der Waals surface area contributed by atoms with Crippen molar-refractivity contribution < 1.29 is 22.8 Å². The molecule has 0 saturated heterocycles. The molecule has 230 valence electrons. The minimum atomic E-state index is -4.66. The Morgan fingerprint density at radius 3 is 2.42 bits per heavy atom. The Morgan fingerprint density at radius 1 is 1.04 bits per heavy atom. The highest BCUT2D eigenvalue weighted by Crippen LogP contribution is 2.36. The number of alkyl halides is 3. The number of nitrogens with zero attached hydrogens (tertiary/aromatic N) is 6. The quantitative estimate of drug-likeness (QED) is 0.291. The first kappa shape index (κ1) is 30.2. The van der Waals surface area contributed by atoms with E-state index in [1.54, 1.807) is 17.6 Å². The van der Waals surface area contributed by atoms with Gasteiger partial charge in [-0.2, -0.15) is 18.3 Å². The van der Waals surface area contributed by atoms with Gasteiger partial charge in [0.1, 0.15) is 5.65 Å². The first-order valence-corrected chi connectivity index (χ1v) is 14.7. The van der Waals surface area contributed by atoms with Gasteiger partial charge in [0.25, 0.3) is 17.4 Å². The molecule has 45 heavy (non-hydrogen) atoms. The van der Waals surface area contributed by atoms with Gasteiger partial charge in [-0.15, -0.1) is 0 Å². The Morgan fingerprint density at radius 2 is 1.76 bits per heavy atom. The molecule has 3 aromatic heterocycles. The third-order valence-electron chi connectivity index (χ3n) is 7.79. The second-order valence-electron chi connectivity index (χ2n) is 10.7. The smallest absolute Gasteiger partial charge is 0.355 e. The SMILES string of the molecule is CNC(=O)c1cnc(-n2c(=O)c3c(n4ncc(Cc5ccccc5)c24)CN(C(=O)c2ccc(Br)c(C(F)(F)F)c2)[C@H](C)C3)nc1. The summed E-state index contributed by atoms with van der Waals surface area (Å²) in [5, 5.41) is 7.11. The number of fused-ring (bicyclic) bond motifs is 3. The number of carbonyl (C=O) groups excluding carboxylic acids is 2. The van der Waals surface area contributed by atoms with Crippen molar-refractivity contribution in [3.05, 3.63) is 121 Å². The van der Waals surface area contributed by atoms with Gasteiger partial charge in [0, 0.05) is 53.1 Å². The van der Waals surface area contributed by atoms with Crippen molar-refractivity contribution in [2.45, 2.75) is 38.5 Å². The van der Waals surface area contributed by atoms with E-state index in [0.717, 1.165) is 11.6 Å². The summed E-state index contributed by atoms with van der Waals surface area (Å²) in [6.45, 7) is 1.67. The van der Waals surface area contributed by atoms with Crippen molar-refractivity contribution in [3.8, 4) is 5.95 Å². The second kappa shape index (κ2) is 11.6. The molecule has 0 unspecified atom stereocenters. The van der Waals surface area contributed by atoms with E-state index in [4.69, 9.17) is 0 Å². The van der Waals surface area contributed by atoms with E-state index in [1.807, 2.05) is 30.3 Å². The highest BCUT2D eigenvalue weighted by molar-refractivity contribution is 9.10. The average Bonchev–Trinajstić information content (AvgIpc) is 3.43. The molecule has 0 aliphatic carbocycles. The van der Waals surface area contributed by atoms with Crippen LogP contribution in [0.3, 0.4) is 0 Å². The van der Waals surface area contributed by atoms with Crippen LogP contribution in [0.2, 0.25) is 0 Å². The minimum Gasteiger partial charge on any atom is -0.355 e. The van der Waals surface area contributed by atoms with Crippen molar-refractivity contribution in [1.29, 1.82) is 0 Å². The topological polar surface area (TPSA) is 114 Å². The third kappa shape index (κ3) is 5.50. The zero-order valence-corrected chi connectivity index (χ0v) is 25.6. The third-order valence-corrected chi connectivity index (χ3v) is 8.48. The van der Waals surface area contributed by atoms with Gasteiger partial charge < -0.3 is 10.2 Å². The first-order chi connectivity index (χ1) is 21.5. The molecule has 2 amide bonds. The van der Waals surface area contributed by atoms with E-state index in [-0.39, 0.29) is 40.4 Å². The van der Waals surface area contributed by atoms with Crippen molar-refractivity contribution in [2.24, 2.45) is 0 Å². The lowest BCUT2D eigenvalue weighted by atomic mass is 9.98. The highest BCUT2D eigenvalue weighted by Gasteiger charge is 2.36. The van der Waals surface area contributed by atoms with Gasteiger partial charge in [-0.1, -0.05) is 46.3 Å². The number of rotatable bonds is 5. The van der Waals surface area contributed by atoms with Crippen LogP contribution in [0.1, 0.15) is 55.6 Å². The van der Waals surface area contributed by atoms with Gasteiger partial charge in [-0.3, -0.25) is 14.4 Å². The molecule has 0 bridgehead atoms. The molecular formula is C31H25BrF3N7O3. The van der Waals surface area contributed by atoms with Gasteiger partial charge in [-0.25, -0.2) is 19.1 Å². The maximum atomic E-state index is 14.2. The van der Waals surface area contributed by atoms with Crippen LogP contribution in [0.4, 0.5) is 13.2 Å². The minimum absolute atomic E-state index is 0.0379. The number of nitrogens with one attached hydrogen (secondary N) is 1. The summed E-state index contributed by atoms with van der Waals surface area (Å²) in [7, 11) is 1.48. The molecule has 4 heterocycles. The number of carbonyl (C=O) groups is 2. The molecule has 1 atom stereocenters. The Kier molecular flexibility index (Phi) is 7.77. The highest BCUT2D eigenvalue weighted by atomic mass is 79.9. The number of aromatic nitrogens is 5. The zero-order chi connectivity index (χ0) is 32.0. The molecule has 2 aromatic carbocycles. The Labute approximate surface area is 262 Å². The fourth-order valence-electron chi connectivity index (χ4n) is 5.52. The predicted octanol–water partition coefficient (Wildman–Crippen LogP) is 4.59. The van der Waals surface area contributed by atoms with Crippen LogP contribution in [0, 0.1) is 0 Å². The van der Waals surface area contributed by atoms with E-state index >= 15 is 0 Å². The van der Waals surface area contributed by atoms with E-state index in [9.17, 15) is 27.6 Å². The fraction of sp³-hybridized carbons (Fsp3) is 0.226. The average molecular weight is 680 g/mol. The van der Waals surface area contributed by atoms with Gasteiger partial charge in [0.05, 0.1) is 29.6 Å². The van der Waals surface area contributed by atoms with Crippen molar-refractivity contribution in [2.75, 3.05) is 7.05 Å². The lowest BCUT2D eigenvalue weighted by molar-refractivity contribution is -0.138. The van der Waals surface area contributed by atoms with Gasteiger partial charge in [-0.05, 0) is 37.1 Å². The lowest BCUT2D eigenvalue weighted by Gasteiger charge is -2.35. The number of hydrogen-bond acceptors (Lipinski definition) is 6. The largest absolute Gasteiger partial charge is 0.417 e. The fourth-order valence-corrected chi connectivity index (χ4v) is 5.99. The van der Waals surface area contributed by atoms with E-state index < -0.39 is 29.2 Å². The molecule has 1 aliphatic heterocycles. The summed E-state index contributed by atoms with van der Waals surface area (Å²) in [6, 6.07) is 12.4. The summed E-state index contributed by atoms with van der Waals surface area (Å²) in [4.78, 5) is 50.1.